The maximum atomic E-state index is 15.3. The third kappa shape index (κ3) is 7.85. The number of hydrogen-bond acceptors (Lipinski definition) is 17. The van der Waals surface area contributed by atoms with Crippen LogP contribution in [0, 0.1) is 11.3 Å². The minimum absolute atomic E-state index is 0.00775. The van der Waals surface area contributed by atoms with Crippen molar-refractivity contribution in [2.24, 2.45) is 11.3 Å². The van der Waals surface area contributed by atoms with Gasteiger partial charge in [-0.25, -0.2) is 4.79 Å². The van der Waals surface area contributed by atoms with E-state index in [-0.39, 0.29) is 46.1 Å². The summed E-state index contributed by atoms with van der Waals surface area (Å²) in [4.78, 5) is 78.5. The molecular weight excluding hydrogens is 1030 g/mol. The van der Waals surface area contributed by atoms with Gasteiger partial charge in [0.15, 0.2) is 6.10 Å². The largest absolute Gasteiger partial charge is 0.508 e. The minimum atomic E-state index is -2.53. The number of aliphatic hydroxyl groups is 2. The normalized spacial score (nSPS) is 30.1. The molecule has 12 rings (SSSR count). The molecule has 2 bridgehead atoms. The molecule has 420 valence electrons. The van der Waals surface area contributed by atoms with Gasteiger partial charge in [-0.05, 0) is 91.9 Å². The summed E-state index contributed by atoms with van der Waals surface area (Å²) >= 11 is 0. The van der Waals surface area contributed by atoms with Crippen molar-refractivity contribution in [3.05, 3.63) is 124 Å². The summed E-state index contributed by atoms with van der Waals surface area (Å²) in [6, 6.07) is 18.4. The van der Waals surface area contributed by atoms with Crippen LogP contribution in [0.5, 0.6) is 23.0 Å². The number of carbonyl (C=O) groups excluding carboxylic acids is 4. The van der Waals surface area contributed by atoms with Crippen LogP contribution in [0.1, 0.15) is 75.3 Å². The lowest BCUT2D eigenvalue weighted by Gasteiger charge is -2.63. The number of nitrogens with zero attached hydrogens (tertiary/aromatic N) is 3. The molecule has 6 aromatic rings. The number of phenols is 3. The number of aromatic nitrogens is 1. The fraction of sp³-hybridized carbons (Fsp3) is 0.426. The lowest BCUT2D eigenvalue weighted by Crippen LogP contribution is -2.81. The average Bonchev–Trinajstić information content (AvgIpc) is 4.33. The Labute approximate surface area is 460 Å². The molecule has 4 aromatic carbocycles. The van der Waals surface area contributed by atoms with Crippen LogP contribution in [-0.4, -0.2) is 148 Å². The van der Waals surface area contributed by atoms with Crippen molar-refractivity contribution in [1.82, 2.24) is 14.8 Å². The fourth-order valence-corrected chi connectivity index (χ4v) is 15.4. The number of fused-ring (bicyclic) bond motifs is 7. The molecule has 1 aliphatic carbocycles. The van der Waals surface area contributed by atoms with Gasteiger partial charge >= 0.3 is 17.9 Å². The smallest absolute Gasteiger partial charge is 0.344 e. The Morgan fingerprint density at radius 3 is 2.31 bits per heavy atom. The molecule has 1 spiro atoms. The highest BCUT2D eigenvalue weighted by Gasteiger charge is 2.81. The molecule has 0 radical (unpaired) electrons. The number of benzene rings is 4. The zero-order valence-corrected chi connectivity index (χ0v) is 45.5. The van der Waals surface area contributed by atoms with Crippen molar-refractivity contribution < 1.29 is 68.1 Å². The van der Waals surface area contributed by atoms with Gasteiger partial charge in [-0.1, -0.05) is 56.3 Å². The van der Waals surface area contributed by atoms with E-state index < -0.39 is 69.0 Å². The lowest BCUT2D eigenvalue weighted by atomic mass is 9.47. The number of hydrogen-bond donors (Lipinski definition) is 6. The molecule has 6 aliphatic rings. The van der Waals surface area contributed by atoms with E-state index in [1.165, 1.54) is 57.6 Å². The van der Waals surface area contributed by atoms with E-state index in [1.807, 2.05) is 50.3 Å². The summed E-state index contributed by atoms with van der Waals surface area (Å²) < 4.78 is 29.0. The fourth-order valence-electron chi connectivity index (χ4n) is 15.4. The van der Waals surface area contributed by atoms with Crippen LogP contribution in [0.15, 0.2) is 100 Å². The molecule has 2 aromatic heterocycles. The first-order chi connectivity index (χ1) is 38.3. The maximum Gasteiger partial charge on any atom is 0.344 e. The Kier molecular flexibility index (Phi) is 13.4. The SMILES string of the molecule is CC[C@]1(O)CC2CN(CCc3c([nH]c4ccccc34)[C@@](C(=O)OC)(c3cc4c(cc3OC)N(C=O)[C@H]3[C@@](O)(C(=O)OC)[C@H](OC(C)=O)[C@]5(CC)C=CCN6CC[C@]43[C@@H]65)C2)C1.O=c1c(-c2ccc(O)cc2)coc2cc(O)cc(O)c12. The van der Waals surface area contributed by atoms with E-state index in [4.69, 9.17) is 23.4 Å². The van der Waals surface area contributed by atoms with Gasteiger partial charge in [0.05, 0.1) is 44.2 Å². The van der Waals surface area contributed by atoms with Crippen LogP contribution in [0.4, 0.5) is 5.69 Å². The molecule has 1 saturated carbocycles. The second-order valence-corrected chi connectivity index (χ2v) is 22.5. The second-order valence-electron chi connectivity index (χ2n) is 22.5. The third-order valence-corrected chi connectivity index (χ3v) is 18.5. The number of aromatic hydroxyl groups is 3. The predicted molar refractivity (Wildman–Crippen MR) is 293 cm³/mol. The van der Waals surface area contributed by atoms with Crippen molar-refractivity contribution in [2.45, 2.75) is 99.5 Å². The first-order valence-corrected chi connectivity index (χ1v) is 27.1. The number of nitrogens with one attached hydrogen (secondary N) is 1. The molecule has 5 aliphatic heterocycles. The summed E-state index contributed by atoms with van der Waals surface area (Å²) in [5.74, 6) is -2.50. The summed E-state index contributed by atoms with van der Waals surface area (Å²) in [5, 5.41) is 54.7. The zero-order chi connectivity index (χ0) is 56.8. The van der Waals surface area contributed by atoms with Crippen molar-refractivity contribution in [3.63, 3.8) is 0 Å². The summed E-state index contributed by atoms with van der Waals surface area (Å²) in [6.07, 6.45) is 7.09. The van der Waals surface area contributed by atoms with Crippen LogP contribution in [-0.2, 0) is 50.6 Å². The summed E-state index contributed by atoms with van der Waals surface area (Å²) in [5.41, 5.74) is -2.63. The average molecular weight is 1100 g/mol. The molecule has 6 N–H and O–H groups in total. The monoisotopic (exact) mass is 1090 g/mol. The van der Waals surface area contributed by atoms with Crippen LogP contribution >= 0.6 is 0 Å². The number of H-pyrrole nitrogens is 1. The topological polar surface area (TPSA) is 262 Å². The molecular formula is C61H66N4O15. The molecule has 2 unspecified atom stereocenters. The first kappa shape index (κ1) is 54.3. The van der Waals surface area contributed by atoms with Crippen molar-refractivity contribution in [3.8, 4) is 34.1 Å². The van der Waals surface area contributed by atoms with Crippen LogP contribution < -0.4 is 15.1 Å². The molecule has 1 amide bonds. The van der Waals surface area contributed by atoms with E-state index in [1.54, 1.807) is 18.2 Å². The Morgan fingerprint density at radius 2 is 1.62 bits per heavy atom. The van der Waals surface area contributed by atoms with Gasteiger partial charge in [0.25, 0.3) is 0 Å². The summed E-state index contributed by atoms with van der Waals surface area (Å²) in [6.45, 7) is 8.16. The van der Waals surface area contributed by atoms with E-state index in [2.05, 4.69) is 20.9 Å². The zero-order valence-electron chi connectivity index (χ0n) is 45.5. The Morgan fingerprint density at radius 1 is 0.875 bits per heavy atom. The van der Waals surface area contributed by atoms with E-state index >= 15 is 4.79 Å². The number of carbonyl (C=O) groups is 4. The minimum Gasteiger partial charge on any atom is -0.508 e. The molecule has 19 nitrogen and oxygen atoms in total. The highest BCUT2D eigenvalue weighted by Crippen LogP contribution is 2.68. The Hall–Kier alpha value is -7.71. The number of phenolic OH excluding ortho intramolecular Hbond substituents is 3. The highest BCUT2D eigenvalue weighted by molar-refractivity contribution is 5.97. The van der Waals surface area contributed by atoms with Crippen molar-refractivity contribution in [1.29, 1.82) is 0 Å². The number of methoxy groups -OCH3 is 3. The van der Waals surface area contributed by atoms with E-state index in [0.29, 0.717) is 105 Å². The Balaban J connectivity index is 0.000000282. The van der Waals surface area contributed by atoms with Crippen molar-refractivity contribution >= 4 is 51.9 Å². The number of anilines is 1. The molecule has 10 atom stereocenters. The van der Waals surface area contributed by atoms with E-state index in [0.717, 1.165) is 22.5 Å². The molecule has 3 fully saturated rings. The Bertz CT molecular complexity index is 3580. The number of piperidine rings is 1. The lowest BCUT2D eigenvalue weighted by molar-refractivity contribution is -0.228. The van der Waals surface area contributed by atoms with Gasteiger partial charge in [0, 0.05) is 90.3 Å². The molecule has 80 heavy (non-hydrogen) atoms. The molecule has 19 heteroatoms. The highest BCUT2D eigenvalue weighted by atomic mass is 16.6. The number of rotatable bonds is 9. The van der Waals surface area contributed by atoms with Crippen LogP contribution in [0.25, 0.3) is 33.0 Å². The van der Waals surface area contributed by atoms with Crippen molar-refractivity contribution in [2.75, 3.05) is 59.0 Å². The van der Waals surface area contributed by atoms with Gasteiger partial charge in [0.2, 0.25) is 17.4 Å². The van der Waals surface area contributed by atoms with Gasteiger partial charge in [-0.3, -0.25) is 29.0 Å². The molecule has 2 saturated heterocycles. The molecule has 7 heterocycles. The number of ether oxygens (including phenoxy) is 4. The van der Waals surface area contributed by atoms with Crippen LogP contribution in [0.2, 0.25) is 0 Å². The standard InChI is InChI=1S/C46H56N4O10.C15H10O5/c1-7-42(55)22-28-23-45(40(53)58-5,36-30(14-18-48(24-28)25-42)29-12-9-10-13-33(29)47-36)32-20-31-34(21-35(32)57-4)50(26-51)38-44(31)16-19-49-17-11-15-43(8-2,37(44)49)39(60-27(3)52)46(38,56)41(54)59-6;16-9-3-1-8(2-4-9)11-7-20-13-6-10(17)5-12(18)14(13)15(11)19/h9-13,15,20-21,26,28,37-39,47,55-56H,7-8,14,16-19,22-25H2,1-6H3;1-7,16-18H/t28?,37-,38+,39+,42-,43+,44+,45-,46-;/m0./s1. The maximum absolute atomic E-state index is 15.3. The first-order valence-electron chi connectivity index (χ1n) is 27.1. The third-order valence-electron chi connectivity index (χ3n) is 18.5. The summed E-state index contributed by atoms with van der Waals surface area (Å²) in [7, 11) is 4.09. The quantitative estimate of drug-likeness (QED) is 0.0414. The number of esters is 3. The van der Waals surface area contributed by atoms with E-state index in [9.17, 15) is 44.7 Å². The predicted octanol–water partition coefficient (Wildman–Crippen LogP) is 6.09. The van der Waals surface area contributed by atoms with Gasteiger partial charge in [0.1, 0.15) is 45.6 Å². The second kappa shape index (κ2) is 19.8. The number of para-hydroxylation sites is 1. The van der Waals surface area contributed by atoms with Gasteiger partial charge < -0.3 is 58.8 Å². The van der Waals surface area contributed by atoms with Gasteiger partial charge in [-0.2, -0.15) is 0 Å². The number of aromatic amines is 1. The number of amides is 1. The van der Waals surface area contributed by atoms with Gasteiger partial charge in [-0.15, -0.1) is 0 Å². The van der Waals surface area contributed by atoms with Crippen LogP contribution in [0.3, 0.4) is 0 Å².